The second-order valence-corrected chi connectivity index (χ2v) is 2.41. The van der Waals surface area contributed by atoms with Crippen LogP contribution in [0.3, 0.4) is 0 Å². The average molecular weight is 140 g/mol. The third kappa shape index (κ3) is 1.61. The van der Waals surface area contributed by atoms with E-state index >= 15 is 0 Å². The summed E-state index contributed by atoms with van der Waals surface area (Å²) in [6, 6.07) is 0. The van der Waals surface area contributed by atoms with Gasteiger partial charge in [0.1, 0.15) is 12.2 Å². The molecule has 0 spiro atoms. The molecule has 10 heavy (non-hydrogen) atoms. The fraction of sp³-hybridized carbons (Fsp3) is 0.500. The molecule has 1 aliphatic heterocycles. The van der Waals surface area contributed by atoms with Crippen molar-refractivity contribution in [3.63, 3.8) is 0 Å². The Bertz CT molecular complexity index is 151. The van der Waals surface area contributed by atoms with Gasteiger partial charge >= 0.3 is 0 Å². The van der Waals surface area contributed by atoms with Crippen LogP contribution in [0.4, 0.5) is 0 Å². The molecular weight excluding hydrogens is 128 g/mol. The van der Waals surface area contributed by atoms with Gasteiger partial charge in [-0.1, -0.05) is 12.7 Å². The van der Waals surface area contributed by atoms with Gasteiger partial charge < -0.3 is 9.47 Å². The van der Waals surface area contributed by atoms with E-state index in [1.807, 2.05) is 13.0 Å². The second-order valence-electron chi connectivity index (χ2n) is 2.41. The lowest BCUT2D eigenvalue weighted by molar-refractivity contribution is 0.0296. The van der Waals surface area contributed by atoms with Gasteiger partial charge in [-0.05, 0) is 13.0 Å². The van der Waals surface area contributed by atoms with Crippen molar-refractivity contribution in [2.24, 2.45) is 0 Å². The summed E-state index contributed by atoms with van der Waals surface area (Å²) in [5, 5.41) is 0. The molecule has 56 valence electrons. The molecule has 1 atom stereocenters. The van der Waals surface area contributed by atoms with Crippen molar-refractivity contribution in [3.05, 3.63) is 25.0 Å². The van der Waals surface area contributed by atoms with Crippen molar-refractivity contribution in [2.75, 3.05) is 13.2 Å². The first-order valence-electron chi connectivity index (χ1n) is 3.34. The first kappa shape index (κ1) is 7.35. The van der Waals surface area contributed by atoms with E-state index in [0.29, 0.717) is 13.2 Å². The van der Waals surface area contributed by atoms with E-state index in [1.54, 1.807) is 12.3 Å². The van der Waals surface area contributed by atoms with Crippen LogP contribution in [-0.4, -0.2) is 18.8 Å². The van der Waals surface area contributed by atoms with Crippen molar-refractivity contribution in [2.45, 2.75) is 12.5 Å². The van der Waals surface area contributed by atoms with Crippen molar-refractivity contribution in [3.8, 4) is 0 Å². The molecule has 1 unspecified atom stereocenters. The molecule has 0 bridgehead atoms. The summed E-state index contributed by atoms with van der Waals surface area (Å²) in [4.78, 5) is 0. The maximum absolute atomic E-state index is 5.41. The third-order valence-corrected chi connectivity index (χ3v) is 1.51. The Morgan fingerprint density at radius 3 is 3.10 bits per heavy atom. The van der Waals surface area contributed by atoms with Gasteiger partial charge in [-0.25, -0.2) is 0 Å². The first-order chi connectivity index (χ1) is 4.77. The molecule has 2 nitrogen and oxygen atoms in total. The molecule has 0 aromatic carbocycles. The minimum atomic E-state index is -0.337. The Morgan fingerprint density at radius 2 is 2.40 bits per heavy atom. The van der Waals surface area contributed by atoms with Crippen molar-refractivity contribution < 1.29 is 9.47 Å². The Morgan fingerprint density at radius 1 is 1.60 bits per heavy atom. The van der Waals surface area contributed by atoms with Gasteiger partial charge in [-0.2, -0.15) is 0 Å². The Hall–Kier alpha value is -0.760. The maximum Gasteiger partial charge on any atom is 0.111 e. The lowest BCUT2D eigenvalue weighted by Crippen LogP contribution is -2.22. The zero-order chi connectivity index (χ0) is 7.45. The molecule has 0 N–H and O–H groups in total. The highest BCUT2D eigenvalue weighted by Gasteiger charge is 2.18. The minimum Gasteiger partial charge on any atom is -0.499 e. The van der Waals surface area contributed by atoms with E-state index in [9.17, 15) is 0 Å². The van der Waals surface area contributed by atoms with Gasteiger partial charge in [0.05, 0.1) is 12.9 Å². The SMILES string of the molecule is C=CC1(C)C=COCCO1. The molecule has 1 aliphatic rings. The van der Waals surface area contributed by atoms with E-state index in [0.717, 1.165) is 0 Å². The lowest BCUT2D eigenvalue weighted by Gasteiger charge is -2.18. The fourth-order valence-corrected chi connectivity index (χ4v) is 0.736. The fourth-order valence-electron chi connectivity index (χ4n) is 0.736. The van der Waals surface area contributed by atoms with Crippen molar-refractivity contribution >= 4 is 0 Å². The molecule has 0 saturated heterocycles. The Balaban J connectivity index is 2.64. The Labute approximate surface area is 61.1 Å². The molecule has 1 heterocycles. The first-order valence-corrected chi connectivity index (χ1v) is 3.34. The zero-order valence-electron chi connectivity index (χ0n) is 6.17. The number of ether oxygens (including phenoxy) is 2. The standard InChI is InChI=1S/C8H12O2/c1-3-8(2)4-5-9-6-7-10-8/h3-5H,1,6-7H2,2H3. The predicted molar refractivity (Wildman–Crippen MR) is 39.6 cm³/mol. The third-order valence-electron chi connectivity index (χ3n) is 1.51. The van der Waals surface area contributed by atoms with Gasteiger partial charge in [0.2, 0.25) is 0 Å². The van der Waals surface area contributed by atoms with Crippen LogP contribution in [0.1, 0.15) is 6.92 Å². The highest BCUT2D eigenvalue weighted by Crippen LogP contribution is 2.15. The van der Waals surface area contributed by atoms with E-state index in [-0.39, 0.29) is 5.60 Å². The van der Waals surface area contributed by atoms with E-state index < -0.39 is 0 Å². The van der Waals surface area contributed by atoms with Gasteiger partial charge in [0.15, 0.2) is 0 Å². The maximum atomic E-state index is 5.41. The summed E-state index contributed by atoms with van der Waals surface area (Å²) in [7, 11) is 0. The van der Waals surface area contributed by atoms with Crippen LogP contribution in [0.25, 0.3) is 0 Å². The highest BCUT2D eigenvalue weighted by molar-refractivity contribution is 5.08. The summed E-state index contributed by atoms with van der Waals surface area (Å²) < 4.78 is 10.4. The monoisotopic (exact) mass is 140 g/mol. The highest BCUT2D eigenvalue weighted by atomic mass is 16.5. The largest absolute Gasteiger partial charge is 0.499 e. The number of rotatable bonds is 1. The summed E-state index contributed by atoms with van der Waals surface area (Å²) in [6.07, 6.45) is 5.28. The zero-order valence-corrected chi connectivity index (χ0v) is 6.17. The second kappa shape index (κ2) is 2.88. The molecule has 1 rings (SSSR count). The lowest BCUT2D eigenvalue weighted by atomic mass is 10.1. The summed E-state index contributed by atoms with van der Waals surface area (Å²) in [5.74, 6) is 0. The quantitative estimate of drug-likeness (QED) is 0.514. The van der Waals surface area contributed by atoms with Crippen LogP contribution in [-0.2, 0) is 9.47 Å². The van der Waals surface area contributed by atoms with E-state index in [1.165, 1.54) is 0 Å². The van der Waals surface area contributed by atoms with Gasteiger partial charge in [-0.3, -0.25) is 0 Å². The van der Waals surface area contributed by atoms with Crippen LogP contribution in [0.2, 0.25) is 0 Å². The van der Waals surface area contributed by atoms with Crippen LogP contribution in [0, 0.1) is 0 Å². The van der Waals surface area contributed by atoms with Crippen molar-refractivity contribution in [1.29, 1.82) is 0 Å². The number of hydrogen-bond acceptors (Lipinski definition) is 2. The van der Waals surface area contributed by atoms with Crippen molar-refractivity contribution in [1.82, 2.24) is 0 Å². The topological polar surface area (TPSA) is 18.5 Å². The van der Waals surface area contributed by atoms with Gasteiger partial charge in [0, 0.05) is 0 Å². The molecule has 2 heteroatoms. The van der Waals surface area contributed by atoms with Crippen LogP contribution in [0.5, 0.6) is 0 Å². The summed E-state index contributed by atoms with van der Waals surface area (Å²) >= 11 is 0. The molecule has 0 aromatic rings. The molecule has 0 saturated carbocycles. The van der Waals surface area contributed by atoms with Crippen LogP contribution in [0.15, 0.2) is 25.0 Å². The molecular formula is C8H12O2. The molecule has 0 radical (unpaired) electrons. The Kier molecular flexibility index (Phi) is 2.12. The predicted octanol–water partition coefficient (Wildman–Crippen LogP) is 1.49. The normalized spacial score (nSPS) is 32.5. The average Bonchev–Trinajstić information content (AvgIpc) is 2.15. The van der Waals surface area contributed by atoms with E-state index in [2.05, 4.69) is 6.58 Å². The molecule has 0 aliphatic carbocycles. The summed E-state index contributed by atoms with van der Waals surface area (Å²) in [5.41, 5.74) is -0.337. The van der Waals surface area contributed by atoms with Crippen LogP contribution >= 0.6 is 0 Å². The van der Waals surface area contributed by atoms with Gasteiger partial charge in [-0.15, -0.1) is 0 Å². The smallest absolute Gasteiger partial charge is 0.111 e. The molecule has 0 amide bonds. The van der Waals surface area contributed by atoms with Gasteiger partial charge in [0.25, 0.3) is 0 Å². The summed E-state index contributed by atoms with van der Waals surface area (Å²) in [6.45, 7) is 6.86. The molecule has 0 fully saturated rings. The van der Waals surface area contributed by atoms with Crippen LogP contribution < -0.4 is 0 Å². The minimum absolute atomic E-state index is 0.337. The van der Waals surface area contributed by atoms with E-state index in [4.69, 9.17) is 9.47 Å². The molecule has 0 aromatic heterocycles. The number of hydrogen-bond donors (Lipinski definition) is 0.